The zero-order valence-electron chi connectivity index (χ0n) is 12.1. The molecule has 20 heavy (non-hydrogen) atoms. The van der Waals surface area contributed by atoms with Gasteiger partial charge in [0, 0.05) is 20.6 Å². The number of sulfonamides is 1. The van der Waals surface area contributed by atoms with Gasteiger partial charge in [-0.15, -0.1) is 0 Å². The van der Waals surface area contributed by atoms with E-state index in [1.807, 2.05) is 0 Å². The van der Waals surface area contributed by atoms with Crippen LogP contribution in [0, 0.1) is 13.8 Å². The first-order valence-corrected chi connectivity index (χ1v) is 7.86. The van der Waals surface area contributed by atoms with Crippen molar-refractivity contribution in [3.8, 4) is 0 Å². The molecule has 112 valence electrons. The molecule has 2 rings (SSSR count). The maximum absolute atomic E-state index is 12.7. The smallest absolute Gasteiger partial charge is 0.249 e. The zero-order chi connectivity index (χ0) is 15.1. The minimum atomic E-state index is -3.75. The number of hydrogen-bond donors (Lipinski definition) is 0. The van der Waals surface area contributed by atoms with Crippen LogP contribution in [0.25, 0.3) is 0 Å². The van der Waals surface area contributed by atoms with Crippen LogP contribution in [0.4, 0.5) is 0 Å². The second-order valence-corrected chi connectivity index (χ2v) is 6.99. The summed E-state index contributed by atoms with van der Waals surface area (Å²) in [4.78, 5) is 13.6. The lowest BCUT2D eigenvalue weighted by atomic mass is 10.2. The topological polar surface area (TPSA) is 83.7 Å². The third-order valence-electron chi connectivity index (χ3n) is 3.46. The van der Waals surface area contributed by atoms with Crippen molar-refractivity contribution in [3.05, 3.63) is 11.5 Å². The van der Waals surface area contributed by atoms with Gasteiger partial charge in [-0.25, -0.2) is 8.42 Å². The number of aromatic nitrogens is 1. The Balaban J connectivity index is 2.42. The summed E-state index contributed by atoms with van der Waals surface area (Å²) in [5.41, 5.74) is 0.324. The number of rotatable bonds is 3. The highest BCUT2D eigenvalue weighted by atomic mass is 32.2. The Bertz CT molecular complexity index is 601. The van der Waals surface area contributed by atoms with Crippen molar-refractivity contribution in [2.45, 2.75) is 37.6 Å². The molecule has 0 aliphatic carbocycles. The fourth-order valence-electron chi connectivity index (χ4n) is 2.53. The summed E-state index contributed by atoms with van der Waals surface area (Å²) >= 11 is 0. The van der Waals surface area contributed by atoms with Gasteiger partial charge < -0.3 is 9.42 Å². The first-order valence-electron chi connectivity index (χ1n) is 6.42. The Morgan fingerprint density at radius 3 is 2.55 bits per heavy atom. The first-order chi connectivity index (χ1) is 9.26. The van der Waals surface area contributed by atoms with Crippen molar-refractivity contribution in [2.75, 3.05) is 20.6 Å². The summed E-state index contributed by atoms with van der Waals surface area (Å²) in [6.07, 6.45) is 1.21. The van der Waals surface area contributed by atoms with Crippen molar-refractivity contribution in [3.63, 3.8) is 0 Å². The molecule has 0 spiro atoms. The van der Waals surface area contributed by atoms with E-state index in [1.54, 1.807) is 27.9 Å². The van der Waals surface area contributed by atoms with Crippen molar-refractivity contribution < 1.29 is 17.7 Å². The molecule has 8 heteroatoms. The van der Waals surface area contributed by atoms with Crippen LogP contribution in [0.2, 0.25) is 0 Å². The van der Waals surface area contributed by atoms with E-state index in [2.05, 4.69) is 5.16 Å². The summed E-state index contributed by atoms with van der Waals surface area (Å²) in [5, 5.41) is 3.68. The second kappa shape index (κ2) is 5.17. The van der Waals surface area contributed by atoms with E-state index in [0.717, 1.165) is 0 Å². The monoisotopic (exact) mass is 301 g/mol. The number of aryl methyl sites for hydroxylation is 2. The predicted molar refractivity (Wildman–Crippen MR) is 71.6 cm³/mol. The SMILES string of the molecule is Cc1noc(C)c1S(=O)(=O)N1CCCC1C(=O)N(C)C. The largest absolute Gasteiger partial charge is 0.360 e. The molecular weight excluding hydrogens is 282 g/mol. The molecule has 1 amide bonds. The molecule has 1 fully saturated rings. The number of carbonyl (C=O) groups is 1. The summed E-state index contributed by atoms with van der Waals surface area (Å²) < 4.78 is 31.7. The molecule has 2 heterocycles. The normalized spacial score (nSPS) is 20.3. The molecule has 1 aliphatic rings. The molecule has 1 aliphatic heterocycles. The van der Waals surface area contributed by atoms with Crippen LogP contribution in [-0.4, -0.2) is 55.4 Å². The van der Waals surface area contributed by atoms with Gasteiger partial charge in [-0.1, -0.05) is 5.16 Å². The highest BCUT2D eigenvalue weighted by Gasteiger charge is 2.42. The van der Waals surface area contributed by atoms with Crippen LogP contribution in [0.1, 0.15) is 24.3 Å². The Labute approximate surface area is 118 Å². The van der Waals surface area contributed by atoms with E-state index in [0.29, 0.717) is 25.1 Å². The summed E-state index contributed by atoms with van der Waals surface area (Å²) in [6.45, 7) is 3.49. The lowest BCUT2D eigenvalue weighted by molar-refractivity contribution is -0.132. The quantitative estimate of drug-likeness (QED) is 0.813. The van der Waals surface area contributed by atoms with E-state index >= 15 is 0 Å². The van der Waals surface area contributed by atoms with Crippen LogP contribution in [0.15, 0.2) is 9.42 Å². The average molecular weight is 301 g/mol. The second-order valence-electron chi connectivity index (χ2n) is 5.16. The third-order valence-corrected chi connectivity index (χ3v) is 5.62. The van der Waals surface area contributed by atoms with Crippen molar-refractivity contribution in [2.24, 2.45) is 0 Å². The number of likely N-dealkylation sites (N-methyl/N-ethyl adjacent to an activating group) is 1. The predicted octanol–water partition coefficient (Wildman–Crippen LogP) is 0.533. The minimum absolute atomic E-state index is 0.0796. The maximum Gasteiger partial charge on any atom is 0.249 e. The molecule has 1 atom stereocenters. The standard InChI is InChI=1S/C12H19N3O4S/c1-8-11(9(2)19-13-8)20(17,18)15-7-5-6-10(15)12(16)14(3)4/h10H,5-7H2,1-4H3. The van der Waals surface area contributed by atoms with Gasteiger partial charge in [0.2, 0.25) is 15.9 Å². The zero-order valence-corrected chi connectivity index (χ0v) is 12.9. The molecular formula is C12H19N3O4S. The molecule has 1 unspecified atom stereocenters. The Morgan fingerprint density at radius 2 is 2.05 bits per heavy atom. The van der Waals surface area contributed by atoms with Crippen LogP contribution >= 0.6 is 0 Å². The van der Waals surface area contributed by atoms with Gasteiger partial charge >= 0.3 is 0 Å². The van der Waals surface area contributed by atoms with Crippen molar-refractivity contribution in [1.82, 2.24) is 14.4 Å². The molecule has 0 N–H and O–H groups in total. The molecule has 0 saturated carbocycles. The summed E-state index contributed by atoms with van der Waals surface area (Å²) in [6, 6.07) is -0.635. The molecule has 0 bridgehead atoms. The lowest BCUT2D eigenvalue weighted by Crippen LogP contribution is -2.45. The van der Waals surface area contributed by atoms with Gasteiger partial charge in [0.25, 0.3) is 0 Å². The first kappa shape index (κ1) is 15.0. The average Bonchev–Trinajstić information content (AvgIpc) is 2.95. The van der Waals surface area contributed by atoms with Crippen LogP contribution in [0.5, 0.6) is 0 Å². The molecule has 1 saturated heterocycles. The molecule has 0 radical (unpaired) electrons. The number of nitrogens with zero attached hydrogens (tertiary/aromatic N) is 3. The van der Waals surface area contributed by atoms with Crippen molar-refractivity contribution >= 4 is 15.9 Å². The van der Waals surface area contributed by atoms with Crippen LogP contribution in [0.3, 0.4) is 0 Å². The van der Waals surface area contributed by atoms with Crippen molar-refractivity contribution in [1.29, 1.82) is 0 Å². The maximum atomic E-state index is 12.7. The number of carbonyl (C=O) groups excluding carboxylic acids is 1. The number of amides is 1. The van der Waals surface area contributed by atoms with E-state index in [9.17, 15) is 13.2 Å². The molecule has 1 aromatic heterocycles. The van der Waals surface area contributed by atoms with Gasteiger partial charge in [0.15, 0.2) is 5.76 Å². The minimum Gasteiger partial charge on any atom is -0.360 e. The highest BCUT2D eigenvalue weighted by molar-refractivity contribution is 7.89. The Morgan fingerprint density at radius 1 is 1.40 bits per heavy atom. The Hall–Kier alpha value is -1.41. The highest BCUT2D eigenvalue weighted by Crippen LogP contribution is 2.30. The van der Waals surface area contributed by atoms with Crippen LogP contribution in [-0.2, 0) is 14.8 Å². The van der Waals surface area contributed by atoms with Gasteiger partial charge in [-0.05, 0) is 26.7 Å². The third kappa shape index (κ3) is 2.33. The van der Waals surface area contributed by atoms with E-state index in [-0.39, 0.29) is 16.6 Å². The lowest BCUT2D eigenvalue weighted by Gasteiger charge is -2.25. The number of hydrogen-bond acceptors (Lipinski definition) is 5. The van der Waals surface area contributed by atoms with Gasteiger partial charge in [0.05, 0.1) is 0 Å². The molecule has 1 aromatic rings. The fraction of sp³-hybridized carbons (Fsp3) is 0.667. The Kier molecular flexibility index (Phi) is 3.88. The van der Waals surface area contributed by atoms with E-state index in [1.165, 1.54) is 9.21 Å². The van der Waals surface area contributed by atoms with Gasteiger partial charge in [-0.2, -0.15) is 4.31 Å². The molecule has 7 nitrogen and oxygen atoms in total. The van der Waals surface area contributed by atoms with Crippen LogP contribution < -0.4 is 0 Å². The summed E-state index contributed by atoms with van der Waals surface area (Å²) in [5.74, 6) is 0.0586. The van der Waals surface area contributed by atoms with Gasteiger partial charge in [-0.3, -0.25) is 4.79 Å². The fourth-order valence-corrected chi connectivity index (χ4v) is 4.48. The molecule has 0 aromatic carbocycles. The van der Waals surface area contributed by atoms with Gasteiger partial charge in [0.1, 0.15) is 16.6 Å². The summed E-state index contributed by atoms with van der Waals surface area (Å²) in [7, 11) is -0.502. The van der Waals surface area contributed by atoms with E-state index < -0.39 is 16.1 Å². The van der Waals surface area contributed by atoms with E-state index in [4.69, 9.17) is 4.52 Å².